The lowest BCUT2D eigenvalue weighted by Crippen LogP contribution is -2.57. The van der Waals surface area contributed by atoms with Crippen LogP contribution in [0.15, 0.2) is 30.5 Å². The highest BCUT2D eigenvalue weighted by Gasteiger charge is 2.39. The summed E-state index contributed by atoms with van der Waals surface area (Å²) in [6, 6.07) is 3.71. The zero-order valence-corrected chi connectivity index (χ0v) is 27.8. The van der Waals surface area contributed by atoms with Gasteiger partial charge in [0, 0.05) is 47.5 Å². The minimum absolute atomic E-state index is 0.125. The first-order valence-corrected chi connectivity index (χ1v) is 17.0. The highest BCUT2D eigenvalue weighted by atomic mass is 33.1. The summed E-state index contributed by atoms with van der Waals surface area (Å²) in [5, 5.41) is 27.1. The molecule has 0 aliphatic carbocycles. The summed E-state index contributed by atoms with van der Waals surface area (Å²) < 4.78 is 5.03. The quantitative estimate of drug-likeness (QED) is 0.0973. The molecule has 1 saturated heterocycles. The van der Waals surface area contributed by atoms with Crippen molar-refractivity contribution in [2.75, 3.05) is 18.9 Å². The number of nitrogens with zero attached hydrogens (tertiary/aromatic N) is 1. The molecule has 3 rings (SSSR count). The summed E-state index contributed by atoms with van der Waals surface area (Å²) in [7, 11) is 2.96. The fourth-order valence-corrected chi connectivity index (χ4v) is 7.24. The van der Waals surface area contributed by atoms with Crippen LogP contribution < -0.4 is 16.0 Å². The molecule has 1 aliphatic heterocycles. The van der Waals surface area contributed by atoms with Crippen molar-refractivity contribution in [1.82, 2.24) is 25.8 Å². The van der Waals surface area contributed by atoms with Crippen LogP contribution in [0.4, 0.5) is 0 Å². The number of amides is 4. The Labute approximate surface area is 270 Å². The normalized spacial score (nSPS) is 17.1. The van der Waals surface area contributed by atoms with Crippen molar-refractivity contribution in [2.45, 2.75) is 89.1 Å². The molecule has 0 spiro atoms. The van der Waals surface area contributed by atoms with Gasteiger partial charge in [-0.3, -0.25) is 19.2 Å². The van der Waals surface area contributed by atoms with E-state index in [2.05, 4.69) is 20.9 Å². The van der Waals surface area contributed by atoms with Crippen LogP contribution in [0.25, 0.3) is 10.9 Å². The van der Waals surface area contributed by atoms with Gasteiger partial charge in [-0.2, -0.15) is 0 Å². The van der Waals surface area contributed by atoms with Crippen molar-refractivity contribution in [3.63, 3.8) is 0 Å². The summed E-state index contributed by atoms with van der Waals surface area (Å²) in [6.07, 6.45) is 1.04. The molecule has 0 unspecified atom stereocenters. The van der Waals surface area contributed by atoms with Gasteiger partial charge in [-0.15, -0.1) is 0 Å². The number of para-hydroxylation sites is 1. The third-order valence-corrected chi connectivity index (χ3v) is 10.3. The topological polar surface area (TPSA) is 190 Å². The third kappa shape index (κ3) is 10.9. The van der Waals surface area contributed by atoms with E-state index in [-0.39, 0.29) is 23.5 Å². The van der Waals surface area contributed by atoms with Gasteiger partial charge in [0.2, 0.25) is 17.7 Å². The number of benzene rings is 1. The number of aliphatic hydroxyl groups is 2. The molecular weight excluding hydrogens is 622 g/mol. The number of carbonyl (C=O) groups excluding carboxylic acids is 5. The Morgan fingerprint density at radius 3 is 2.47 bits per heavy atom. The minimum atomic E-state index is -1.78. The number of carbonyl (C=O) groups is 5. The summed E-state index contributed by atoms with van der Waals surface area (Å²) in [6.45, 7) is 8.38. The van der Waals surface area contributed by atoms with Crippen molar-refractivity contribution in [3.05, 3.63) is 36.0 Å². The van der Waals surface area contributed by atoms with Crippen LogP contribution in [0.1, 0.15) is 53.0 Å². The molecule has 1 aromatic heterocycles. The number of esters is 1. The Balaban J connectivity index is 1.75. The van der Waals surface area contributed by atoms with Gasteiger partial charge >= 0.3 is 5.97 Å². The zero-order chi connectivity index (χ0) is 33.3. The second kappa shape index (κ2) is 16.3. The molecule has 4 amide bonds. The highest BCUT2D eigenvalue weighted by Crippen LogP contribution is 2.35. The van der Waals surface area contributed by atoms with Crippen molar-refractivity contribution < 1.29 is 38.9 Å². The molecule has 0 bridgehead atoms. The van der Waals surface area contributed by atoms with E-state index in [1.807, 2.05) is 45.0 Å². The van der Waals surface area contributed by atoms with E-state index in [1.165, 1.54) is 29.5 Å². The van der Waals surface area contributed by atoms with E-state index < -0.39 is 66.7 Å². The lowest BCUT2D eigenvalue weighted by molar-refractivity contribution is -0.157. The monoisotopic (exact) mass is 665 g/mol. The van der Waals surface area contributed by atoms with E-state index in [0.29, 0.717) is 12.8 Å². The van der Waals surface area contributed by atoms with E-state index >= 15 is 0 Å². The molecule has 15 heteroatoms. The van der Waals surface area contributed by atoms with Crippen LogP contribution in [-0.2, 0) is 35.1 Å². The Hall–Kier alpha value is -3.27. The molecule has 0 saturated carbocycles. The molecule has 6 N–H and O–H groups in total. The average Bonchev–Trinajstić information content (AvgIpc) is 3.61. The van der Waals surface area contributed by atoms with Gasteiger partial charge in [0.25, 0.3) is 5.91 Å². The zero-order valence-electron chi connectivity index (χ0n) is 26.1. The second-order valence-corrected chi connectivity index (χ2v) is 15.1. The number of hydrogen-bond donors (Lipinski definition) is 6. The number of likely N-dealkylation sites (tertiary alicyclic amines) is 1. The summed E-state index contributed by atoms with van der Waals surface area (Å²) >= 11 is 0. The molecular formula is C30H43N5O8S2. The van der Waals surface area contributed by atoms with Gasteiger partial charge in [0.1, 0.15) is 18.1 Å². The van der Waals surface area contributed by atoms with E-state index in [4.69, 9.17) is 14.9 Å². The lowest BCUT2D eigenvalue weighted by atomic mass is 10.0. The number of aliphatic hydroxyl groups excluding tert-OH is 1. The predicted octanol–water partition coefficient (Wildman–Crippen LogP) is 1.23. The second-order valence-electron chi connectivity index (χ2n) is 11.9. The summed E-state index contributed by atoms with van der Waals surface area (Å²) in [5.74, 6) is -2.70. The Morgan fingerprint density at radius 2 is 1.80 bits per heavy atom. The molecule has 4 atom stereocenters. The number of ether oxygens (including phenoxy) is 1. The Morgan fingerprint density at radius 1 is 1.09 bits per heavy atom. The van der Waals surface area contributed by atoms with Gasteiger partial charge in [0.05, 0.1) is 6.04 Å². The molecule has 2 aromatic rings. The standard InChI is InChI=1S/C30H43N5O8S2/c1-17(28(40)41)32-25(37)15-43-29(42)24-11-8-12-35(24)27(39)23(16-44-45-30(3,4)5)34-26(38)22(33-18(2)36)13-19-14-31-21-10-7-6-9-20(19)21/h6-7,9-10,14,17,22-24,28,31,40-41H,8,11-13,15-16H2,1-5H3,(H,32,37)(H,33,36)(H,34,38)/t17-,22-,23+,24-/m0/s1. The Kier molecular flexibility index (Phi) is 13.1. The maximum absolute atomic E-state index is 13.9. The largest absolute Gasteiger partial charge is 0.454 e. The van der Waals surface area contributed by atoms with Gasteiger partial charge in [-0.25, -0.2) is 4.79 Å². The van der Waals surface area contributed by atoms with Gasteiger partial charge in [0.15, 0.2) is 12.9 Å². The molecule has 45 heavy (non-hydrogen) atoms. The van der Waals surface area contributed by atoms with Crippen LogP contribution >= 0.6 is 21.6 Å². The number of nitrogens with one attached hydrogen (secondary N) is 4. The molecule has 13 nitrogen and oxygen atoms in total. The molecule has 2 heterocycles. The minimum Gasteiger partial charge on any atom is -0.454 e. The SMILES string of the molecule is CC(=O)N[C@@H](Cc1c[nH]c2ccccc12)C(=O)N[C@H](CSSC(C)(C)C)C(=O)N1CCC[C@H]1C(=O)OCC(=O)N[C@@H](C)C(O)O. The summed E-state index contributed by atoms with van der Waals surface area (Å²) in [5.41, 5.74) is 1.72. The maximum Gasteiger partial charge on any atom is 0.329 e. The van der Waals surface area contributed by atoms with E-state index in [1.54, 1.807) is 17.0 Å². The summed E-state index contributed by atoms with van der Waals surface area (Å²) in [4.78, 5) is 69.2. The third-order valence-electron chi connectivity index (χ3n) is 6.94. The number of H-pyrrole nitrogens is 1. The van der Waals surface area contributed by atoms with Crippen molar-refractivity contribution in [3.8, 4) is 0 Å². The fourth-order valence-electron chi connectivity index (χ4n) is 4.78. The lowest BCUT2D eigenvalue weighted by Gasteiger charge is -2.29. The highest BCUT2D eigenvalue weighted by molar-refractivity contribution is 8.77. The van der Waals surface area contributed by atoms with E-state index in [0.717, 1.165) is 16.5 Å². The van der Waals surface area contributed by atoms with Crippen LogP contribution in [0.5, 0.6) is 0 Å². The first-order chi connectivity index (χ1) is 21.2. The van der Waals surface area contributed by atoms with Crippen molar-refractivity contribution in [2.24, 2.45) is 0 Å². The van der Waals surface area contributed by atoms with Crippen molar-refractivity contribution in [1.29, 1.82) is 0 Å². The number of aromatic amines is 1. The van der Waals surface area contributed by atoms with Gasteiger partial charge < -0.3 is 40.8 Å². The van der Waals surface area contributed by atoms with Crippen LogP contribution in [0, 0.1) is 0 Å². The molecule has 1 aromatic carbocycles. The first-order valence-electron chi connectivity index (χ1n) is 14.7. The first kappa shape index (κ1) is 36.2. The van der Waals surface area contributed by atoms with Gasteiger partial charge in [-0.05, 0) is 31.4 Å². The fraction of sp³-hybridized carbons (Fsp3) is 0.567. The van der Waals surface area contributed by atoms with Crippen LogP contribution in [0.3, 0.4) is 0 Å². The number of hydrogen-bond acceptors (Lipinski definition) is 10. The van der Waals surface area contributed by atoms with Gasteiger partial charge in [-0.1, -0.05) is 60.6 Å². The maximum atomic E-state index is 13.9. The smallest absolute Gasteiger partial charge is 0.329 e. The predicted molar refractivity (Wildman–Crippen MR) is 173 cm³/mol. The molecule has 248 valence electrons. The van der Waals surface area contributed by atoms with E-state index in [9.17, 15) is 24.0 Å². The number of fused-ring (bicyclic) bond motifs is 1. The van der Waals surface area contributed by atoms with Crippen molar-refractivity contribution >= 4 is 62.1 Å². The number of rotatable bonds is 14. The molecule has 1 aliphatic rings. The average molecular weight is 666 g/mol. The number of aromatic nitrogens is 1. The van der Waals surface area contributed by atoms with Crippen LogP contribution in [0.2, 0.25) is 0 Å². The molecule has 1 fully saturated rings. The van der Waals surface area contributed by atoms with Crippen LogP contribution in [-0.4, -0.2) is 104 Å². The molecule has 0 radical (unpaired) electrons. The Bertz CT molecular complexity index is 1360.